The number of nitrogens with one attached hydrogen (secondary N) is 2. The van der Waals surface area contributed by atoms with E-state index in [2.05, 4.69) is 49.7 Å². The van der Waals surface area contributed by atoms with Crippen LogP contribution in [0.4, 0.5) is 16.3 Å². The number of carbonyl (C=O) groups excluding carboxylic acids is 1. The fourth-order valence-corrected chi connectivity index (χ4v) is 4.35. The van der Waals surface area contributed by atoms with E-state index in [-0.39, 0.29) is 6.03 Å². The maximum atomic E-state index is 12.2. The minimum atomic E-state index is -0.125. The first-order valence-corrected chi connectivity index (χ1v) is 11.3. The molecule has 31 heavy (non-hydrogen) atoms. The Kier molecular flexibility index (Phi) is 7.12. The Morgan fingerprint density at radius 2 is 1.97 bits per heavy atom. The summed E-state index contributed by atoms with van der Waals surface area (Å²) >= 11 is 0. The van der Waals surface area contributed by atoms with Gasteiger partial charge in [-0.05, 0) is 55.4 Å². The van der Waals surface area contributed by atoms with Crippen molar-refractivity contribution in [1.82, 2.24) is 15.6 Å². The normalized spacial score (nSPS) is 18.7. The van der Waals surface area contributed by atoms with Gasteiger partial charge in [0.05, 0.1) is 7.11 Å². The summed E-state index contributed by atoms with van der Waals surface area (Å²) in [6.07, 6.45) is 6.73. The van der Waals surface area contributed by atoms with Crippen molar-refractivity contribution in [3.8, 4) is 5.75 Å². The third-order valence-corrected chi connectivity index (χ3v) is 6.20. The summed E-state index contributed by atoms with van der Waals surface area (Å²) in [6, 6.07) is 12.1. The van der Waals surface area contributed by atoms with Crippen molar-refractivity contribution in [2.45, 2.75) is 32.2 Å². The van der Waals surface area contributed by atoms with E-state index in [1.807, 2.05) is 18.3 Å². The molecule has 0 spiro atoms. The molecular weight excluding hydrogens is 390 g/mol. The summed E-state index contributed by atoms with van der Waals surface area (Å²) in [7, 11) is 1.69. The van der Waals surface area contributed by atoms with Crippen molar-refractivity contribution in [3.05, 3.63) is 48.2 Å². The molecule has 0 bridgehead atoms. The summed E-state index contributed by atoms with van der Waals surface area (Å²) in [5.74, 6) is 2.36. The monoisotopic (exact) mass is 423 g/mol. The van der Waals surface area contributed by atoms with Crippen LogP contribution in [0.2, 0.25) is 0 Å². The number of piperidine rings is 1. The highest BCUT2D eigenvalue weighted by Crippen LogP contribution is 2.26. The molecular formula is C24H33N5O2. The number of hydrogen-bond donors (Lipinski definition) is 2. The summed E-state index contributed by atoms with van der Waals surface area (Å²) in [5.41, 5.74) is 2.19. The molecule has 2 saturated heterocycles. The number of ether oxygens (including phenoxy) is 1. The minimum Gasteiger partial charge on any atom is -0.497 e. The van der Waals surface area contributed by atoms with Gasteiger partial charge in [-0.3, -0.25) is 0 Å². The number of rotatable bonds is 7. The first-order chi connectivity index (χ1) is 15.2. The summed E-state index contributed by atoms with van der Waals surface area (Å²) in [4.78, 5) is 21.5. The smallest absolute Gasteiger partial charge is 0.315 e. The zero-order valence-corrected chi connectivity index (χ0v) is 18.3. The Morgan fingerprint density at radius 1 is 1.10 bits per heavy atom. The SMILES string of the molecule is COc1cccc(N2CCC(CNC(=O)NCc3ccc(N4CCCCC4)nc3)C2)c1. The number of methoxy groups -OCH3 is 1. The highest BCUT2D eigenvalue weighted by atomic mass is 16.5. The largest absolute Gasteiger partial charge is 0.497 e. The lowest BCUT2D eigenvalue weighted by molar-refractivity contribution is 0.239. The molecule has 1 atom stereocenters. The molecule has 1 unspecified atom stereocenters. The van der Waals surface area contributed by atoms with Crippen molar-refractivity contribution < 1.29 is 9.53 Å². The van der Waals surface area contributed by atoms with Crippen molar-refractivity contribution in [2.24, 2.45) is 5.92 Å². The number of hydrogen-bond acceptors (Lipinski definition) is 5. The van der Waals surface area contributed by atoms with Crippen LogP contribution >= 0.6 is 0 Å². The van der Waals surface area contributed by atoms with Crippen LogP contribution in [0, 0.1) is 5.92 Å². The van der Waals surface area contributed by atoms with Gasteiger partial charge in [-0.1, -0.05) is 12.1 Å². The van der Waals surface area contributed by atoms with Gasteiger partial charge in [0.15, 0.2) is 0 Å². The Hall–Kier alpha value is -2.96. The van der Waals surface area contributed by atoms with Crippen molar-refractivity contribution in [3.63, 3.8) is 0 Å². The van der Waals surface area contributed by atoms with Crippen molar-refractivity contribution in [1.29, 1.82) is 0 Å². The van der Waals surface area contributed by atoms with Gasteiger partial charge in [-0.2, -0.15) is 0 Å². The Labute approximate surface area is 184 Å². The van der Waals surface area contributed by atoms with Crippen molar-refractivity contribution in [2.75, 3.05) is 49.6 Å². The first-order valence-electron chi connectivity index (χ1n) is 11.3. The number of aromatic nitrogens is 1. The predicted octanol–water partition coefficient (Wildman–Crippen LogP) is 3.41. The fraction of sp³-hybridized carbons (Fsp3) is 0.500. The third-order valence-electron chi connectivity index (χ3n) is 6.20. The molecule has 166 valence electrons. The van der Waals surface area contributed by atoms with Crippen LogP contribution in [0.1, 0.15) is 31.2 Å². The molecule has 7 heteroatoms. The van der Waals surface area contributed by atoms with E-state index in [9.17, 15) is 4.79 Å². The highest BCUT2D eigenvalue weighted by Gasteiger charge is 2.23. The number of benzene rings is 1. The van der Waals surface area contributed by atoms with E-state index in [0.717, 1.165) is 49.7 Å². The van der Waals surface area contributed by atoms with E-state index >= 15 is 0 Å². The third kappa shape index (κ3) is 5.81. The van der Waals surface area contributed by atoms with E-state index < -0.39 is 0 Å². The van der Waals surface area contributed by atoms with Gasteiger partial charge in [0, 0.05) is 57.2 Å². The lowest BCUT2D eigenvalue weighted by Gasteiger charge is -2.27. The number of carbonyl (C=O) groups is 1. The van der Waals surface area contributed by atoms with Crippen LogP contribution in [0.5, 0.6) is 5.75 Å². The molecule has 0 saturated carbocycles. The Balaban J connectivity index is 1.17. The maximum Gasteiger partial charge on any atom is 0.315 e. The first kappa shape index (κ1) is 21.3. The molecule has 3 heterocycles. The summed E-state index contributed by atoms with van der Waals surface area (Å²) < 4.78 is 5.32. The van der Waals surface area contributed by atoms with Crippen LogP contribution in [-0.2, 0) is 6.54 Å². The van der Waals surface area contributed by atoms with Gasteiger partial charge in [0.2, 0.25) is 0 Å². The molecule has 2 amide bonds. The van der Waals surface area contributed by atoms with Crippen LogP contribution < -0.4 is 25.2 Å². The maximum absolute atomic E-state index is 12.2. The molecule has 2 aliphatic heterocycles. The molecule has 4 rings (SSSR count). The number of pyridine rings is 1. The van der Waals surface area contributed by atoms with E-state index in [1.165, 1.54) is 24.9 Å². The summed E-state index contributed by atoms with van der Waals surface area (Å²) in [5, 5.41) is 5.97. The van der Waals surface area contributed by atoms with Gasteiger partial charge >= 0.3 is 6.03 Å². The zero-order valence-electron chi connectivity index (χ0n) is 18.3. The van der Waals surface area contributed by atoms with Crippen LogP contribution in [0.3, 0.4) is 0 Å². The molecule has 7 nitrogen and oxygen atoms in total. The molecule has 2 aliphatic rings. The lowest BCUT2D eigenvalue weighted by Crippen LogP contribution is -2.38. The van der Waals surface area contributed by atoms with Gasteiger partial charge in [0.25, 0.3) is 0 Å². The van der Waals surface area contributed by atoms with Gasteiger partial charge < -0.3 is 25.2 Å². The average molecular weight is 424 g/mol. The number of amides is 2. The number of urea groups is 1. The molecule has 2 fully saturated rings. The predicted molar refractivity (Wildman–Crippen MR) is 124 cm³/mol. The van der Waals surface area contributed by atoms with Gasteiger partial charge in [-0.15, -0.1) is 0 Å². The molecule has 2 N–H and O–H groups in total. The topological polar surface area (TPSA) is 69.7 Å². The molecule has 1 aromatic carbocycles. The summed E-state index contributed by atoms with van der Waals surface area (Å²) in [6.45, 7) is 5.27. The van der Waals surface area contributed by atoms with Crippen LogP contribution in [-0.4, -0.2) is 50.8 Å². The van der Waals surface area contributed by atoms with Crippen molar-refractivity contribution >= 4 is 17.5 Å². The Morgan fingerprint density at radius 3 is 2.74 bits per heavy atom. The molecule has 0 aliphatic carbocycles. The average Bonchev–Trinajstić information content (AvgIpc) is 3.31. The standard InChI is InChI=1S/C24H33N5O2/c1-31-22-7-5-6-21(14-22)29-13-10-20(18-29)17-27-24(30)26-16-19-8-9-23(25-15-19)28-11-3-2-4-12-28/h5-9,14-15,20H,2-4,10-13,16-18H2,1H3,(H2,26,27,30). The van der Waals surface area contributed by atoms with Crippen LogP contribution in [0.15, 0.2) is 42.6 Å². The van der Waals surface area contributed by atoms with Crippen LogP contribution in [0.25, 0.3) is 0 Å². The fourth-order valence-electron chi connectivity index (χ4n) is 4.35. The minimum absolute atomic E-state index is 0.125. The second kappa shape index (κ2) is 10.4. The van der Waals surface area contributed by atoms with E-state index in [1.54, 1.807) is 7.11 Å². The number of nitrogens with zero attached hydrogens (tertiary/aromatic N) is 3. The molecule has 0 radical (unpaired) electrons. The van der Waals surface area contributed by atoms with Gasteiger partial charge in [-0.25, -0.2) is 9.78 Å². The Bertz CT molecular complexity index is 851. The second-order valence-corrected chi connectivity index (χ2v) is 8.44. The quantitative estimate of drug-likeness (QED) is 0.714. The lowest BCUT2D eigenvalue weighted by atomic mass is 10.1. The second-order valence-electron chi connectivity index (χ2n) is 8.44. The zero-order chi connectivity index (χ0) is 21.5. The van der Waals surface area contributed by atoms with E-state index in [4.69, 9.17) is 4.74 Å². The van der Waals surface area contributed by atoms with E-state index in [0.29, 0.717) is 19.0 Å². The highest BCUT2D eigenvalue weighted by molar-refractivity contribution is 5.73. The molecule has 2 aromatic rings. The number of anilines is 2. The molecule has 1 aromatic heterocycles. The van der Waals surface area contributed by atoms with Gasteiger partial charge in [0.1, 0.15) is 11.6 Å².